The average molecular weight is 367 g/mol. The largest absolute Gasteiger partial charge is 0.465 e. The van der Waals surface area contributed by atoms with Gasteiger partial charge in [0.05, 0.1) is 29.5 Å². The Morgan fingerprint density at radius 3 is 2.70 bits per heavy atom. The monoisotopic (exact) mass is 367 g/mol. The van der Waals surface area contributed by atoms with E-state index in [1.807, 2.05) is 0 Å². The molecule has 3 rings (SSSR count). The maximum absolute atomic E-state index is 11.9. The fraction of sp³-hybridized carbons (Fsp3) is 0.0588. The molecule has 0 fully saturated rings. The van der Waals surface area contributed by atoms with Gasteiger partial charge in [0.2, 0.25) is 5.82 Å². The lowest BCUT2D eigenvalue weighted by Gasteiger charge is -2.11. The molecule has 0 radical (unpaired) electrons. The minimum absolute atomic E-state index is 0.134. The first-order chi connectivity index (χ1) is 13.1. The zero-order valence-electron chi connectivity index (χ0n) is 14.0. The van der Waals surface area contributed by atoms with Crippen molar-refractivity contribution in [3.63, 3.8) is 0 Å². The number of nitro groups is 1. The summed E-state index contributed by atoms with van der Waals surface area (Å²) in [5, 5.41) is 14.4. The Morgan fingerprint density at radius 1 is 1.19 bits per heavy atom. The van der Waals surface area contributed by atoms with Crippen LogP contribution in [0.4, 0.5) is 17.2 Å². The number of ether oxygens (including phenoxy) is 2. The molecule has 0 aliphatic carbocycles. The molecule has 27 heavy (non-hydrogen) atoms. The number of carbonyl (C=O) groups is 1. The highest BCUT2D eigenvalue weighted by atomic mass is 16.6. The first-order valence-corrected chi connectivity index (χ1v) is 7.61. The number of aromatic nitrogens is 3. The van der Waals surface area contributed by atoms with Crippen LogP contribution in [0.15, 0.2) is 55.1 Å². The number of nitrogens with zero attached hydrogens (tertiary/aromatic N) is 4. The van der Waals surface area contributed by atoms with Crippen molar-refractivity contribution >= 4 is 23.2 Å². The van der Waals surface area contributed by atoms with Crippen molar-refractivity contribution in [1.82, 2.24) is 15.0 Å². The third-order valence-electron chi connectivity index (χ3n) is 3.41. The highest BCUT2D eigenvalue weighted by molar-refractivity contribution is 5.96. The van der Waals surface area contributed by atoms with Crippen LogP contribution in [0.25, 0.3) is 0 Å². The lowest BCUT2D eigenvalue weighted by Crippen LogP contribution is -2.08. The third kappa shape index (κ3) is 3.95. The average Bonchev–Trinajstić information content (AvgIpc) is 2.68. The van der Waals surface area contributed by atoms with Gasteiger partial charge in [-0.1, -0.05) is 12.1 Å². The Hall–Kier alpha value is -4.08. The van der Waals surface area contributed by atoms with Crippen LogP contribution in [0.3, 0.4) is 0 Å². The smallest absolute Gasteiger partial charge is 0.373 e. The molecule has 3 aromatic rings. The van der Waals surface area contributed by atoms with Crippen LogP contribution < -0.4 is 10.1 Å². The van der Waals surface area contributed by atoms with E-state index >= 15 is 0 Å². The number of methoxy groups -OCH3 is 1. The predicted octanol–water partition coefficient (Wildman–Crippen LogP) is 3.10. The Balaban J connectivity index is 2.01. The highest BCUT2D eigenvalue weighted by Gasteiger charge is 2.26. The molecular weight excluding hydrogens is 354 g/mol. The van der Waals surface area contributed by atoms with Crippen LogP contribution in [0.1, 0.15) is 10.4 Å². The molecule has 0 bridgehead atoms. The predicted molar refractivity (Wildman–Crippen MR) is 94.1 cm³/mol. The van der Waals surface area contributed by atoms with E-state index in [2.05, 4.69) is 20.3 Å². The summed E-state index contributed by atoms with van der Waals surface area (Å²) in [5.74, 6) is -0.715. The summed E-state index contributed by atoms with van der Waals surface area (Å²) in [6.07, 6.45) is 4.05. The lowest BCUT2D eigenvalue weighted by atomic mass is 10.2. The van der Waals surface area contributed by atoms with Crippen LogP contribution in [-0.4, -0.2) is 33.0 Å². The van der Waals surface area contributed by atoms with E-state index in [0.717, 1.165) is 6.33 Å². The summed E-state index contributed by atoms with van der Waals surface area (Å²) < 4.78 is 10.2. The van der Waals surface area contributed by atoms with Crippen molar-refractivity contribution in [2.75, 3.05) is 12.4 Å². The quantitative estimate of drug-likeness (QED) is 0.397. The molecule has 0 saturated heterocycles. The summed E-state index contributed by atoms with van der Waals surface area (Å²) in [5.41, 5.74) is 0.00198. The Bertz CT molecular complexity index is 980. The second kappa shape index (κ2) is 7.87. The van der Waals surface area contributed by atoms with Gasteiger partial charge in [0.15, 0.2) is 0 Å². The van der Waals surface area contributed by atoms with Gasteiger partial charge in [-0.2, -0.15) is 4.98 Å². The van der Waals surface area contributed by atoms with E-state index in [1.54, 1.807) is 30.3 Å². The van der Waals surface area contributed by atoms with Gasteiger partial charge in [-0.3, -0.25) is 15.1 Å². The fourth-order valence-electron chi connectivity index (χ4n) is 2.22. The molecular formula is C17H13N5O5. The number of para-hydroxylation sites is 1. The Labute approximate surface area is 153 Å². The summed E-state index contributed by atoms with van der Waals surface area (Å²) >= 11 is 0. The SMILES string of the molecule is COC(=O)c1ccccc1Nc1ncnc(Oc2cccnc2)c1[N+](=O)[O-]. The highest BCUT2D eigenvalue weighted by Crippen LogP contribution is 2.35. The first-order valence-electron chi connectivity index (χ1n) is 7.61. The zero-order valence-corrected chi connectivity index (χ0v) is 14.0. The molecule has 0 unspecified atom stereocenters. The molecule has 0 saturated carbocycles. The van der Waals surface area contributed by atoms with Gasteiger partial charge in [0, 0.05) is 6.20 Å². The van der Waals surface area contributed by atoms with Gasteiger partial charge < -0.3 is 14.8 Å². The molecule has 2 heterocycles. The first kappa shape index (κ1) is 17.7. The lowest BCUT2D eigenvalue weighted by molar-refractivity contribution is -0.385. The van der Waals surface area contributed by atoms with Crippen LogP contribution in [0.2, 0.25) is 0 Å². The number of pyridine rings is 1. The van der Waals surface area contributed by atoms with Crippen molar-refractivity contribution < 1.29 is 19.2 Å². The second-order valence-corrected chi connectivity index (χ2v) is 5.09. The van der Waals surface area contributed by atoms with Crippen molar-refractivity contribution in [2.45, 2.75) is 0 Å². The van der Waals surface area contributed by atoms with Gasteiger partial charge in [-0.25, -0.2) is 9.78 Å². The number of hydrogen-bond acceptors (Lipinski definition) is 9. The zero-order chi connectivity index (χ0) is 19.2. The second-order valence-electron chi connectivity index (χ2n) is 5.09. The van der Waals surface area contributed by atoms with Crippen molar-refractivity contribution in [3.8, 4) is 11.6 Å². The van der Waals surface area contributed by atoms with Gasteiger partial charge in [-0.15, -0.1) is 0 Å². The standard InChI is InChI=1S/C17H13N5O5/c1-26-17(23)12-6-2-3-7-13(12)21-15-14(22(24)25)16(20-10-19-15)27-11-5-4-8-18-9-11/h2-10H,1H3,(H,19,20,21). The molecule has 136 valence electrons. The minimum atomic E-state index is -0.672. The number of esters is 1. The molecule has 10 nitrogen and oxygen atoms in total. The number of hydrogen-bond donors (Lipinski definition) is 1. The van der Waals surface area contributed by atoms with Gasteiger partial charge in [0.1, 0.15) is 12.1 Å². The Kier molecular flexibility index (Phi) is 5.17. The number of rotatable bonds is 6. The molecule has 1 aromatic carbocycles. The van der Waals surface area contributed by atoms with Crippen molar-refractivity contribution in [1.29, 1.82) is 0 Å². The molecule has 10 heteroatoms. The maximum Gasteiger partial charge on any atom is 0.373 e. The summed E-state index contributed by atoms with van der Waals surface area (Å²) in [6.45, 7) is 0. The summed E-state index contributed by atoms with van der Waals surface area (Å²) in [7, 11) is 1.24. The van der Waals surface area contributed by atoms with E-state index in [0.29, 0.717) is 5.69 Å². The molecule has 2 aromatic heterocycles. The number of nitrogens with one attached hydrogen (secondary N) is 1. The Morgan fingerprint density at radius 2 is 2.00 bits per heavy atom. The molecule has 0 aliphatic rings. The molecule has 0 aliphatic heterocycles. The van der Waals surface area contributed by atoms with E-state index in [1.165, 1.54) is 25.6 Å². The molecule has 1 N–H and O–H groups in total. The van der Waals surface area contributed by atoms with E-state index in [9.17, 15) is 14.9 Å². The number of carbonyl (C=O) groups excluding carboxylic acids is 1. The molecule has 0 amide bonds. The maximum atomic E-state index is 11.9. The van der Waals surface area contributed by atoms with Gasteiger partial charge >= 0.3 is 17.5 Å². The van der Waals surface area contributed by atoms with Crippen LogP contribution in [-0.2, 0) is 4.74 Å². The fourth-order valence-corrected chi connectivity index (χ4v) is 2.22. The minimum Gasteiger partial charge on any atom is -0.465 e. The summed E-state index contributed by atoms with van der Waals surface area (Å²) in [4.78, 5) is 34.4. The van der Waals surface area contributed by atoms with Gasteiger partial charge in [0.25, 0.3) is 0 Å². The van der Waals surface area contributed by atoms with Crippen molar-refractivity contribution in [2.24, 2.45) is 0 Å². The van der Waals surface area contributed by atoms with Crippen LogP contribution in [0, 0.1) is 10.1 Å². The molecule has 0 spiro atoms. The normalized spacial score (nSPS) is 10.1. The molecule has 0 atom stereocenters. The topological polar surface area (TPSA) is 129 Å². The van der Waals surface area contributed by atoms with Gasteiger partial charge in [-0.05, 0) is 24.3 Å². The summed E-state index contributed by atoms with van der Waals surface area (Å²) in [6, 6.07) is 9.60. The van der Waals surface area contributed by atoms with Crippen LogP contribution in [0.5, 0.6) is 11.6 Å². The van der Waals surface area contributed by atoms with E-state index in [4.69, 9.17) is 9.47 Å². The number of anilines is 2. The van der Waals surface area contributed by atoms with E-state index < -0.39 is 16.6 Å². The van der Waals surface area contributed by atoms with Crippen LogP contribution >= 0.6 is 0 Å². The third-order valence-corrected chi connectivity index (χ3v) is 3.41. The number of benzene rings is 1. The van der Waals surface area contributed by atoms with Crippen molar-refractivity contribution in [3.05, 3.63) is 70.8 Å². The van der Waals surface area contributed by atoms with E-state index in [-0.39, 0.29) is 23.0 Å².